The summed E-state index contributed by atoms with van der Waals surface area (Å²) in [6.07, 6.45) is 2.24. The normalized spacial score (nSPS) is 15.7. The lowest BCUT2D eigenvalue weighted by molar-refractivity contribution is -0.122. The molecule has 2 rings (SSSR count). The third-order valence-corrected chi connectivity index (χ3v) is 4.69. The third kappa shape index (κ3) is 6.40. The molecule has 1 N–H and O–H groups in total. The molecule has 1 fully saturated rings. The molecule has 116 valence electrons. The monoisotopic (exact) mass is 309 g/mol. The Labute approximate surface area is 130 Å². The smallest absolute Gasteiger partial charge is 0.257 e. The Bertz CT molecular complexity index is 447. The van der Waals surface area contributed by atoms with E-state index in [0.29, 0.717) is 11.8 Å². The van der Waals surface area contributed by atoms with Crippen molar-refractivity contribution < 1.29 is 14.3 Å². The van der Waals surface area contributed by atoms with E-state index in [9.17, 15) is 4.79 Å². The van der Waals surface area contributed by atoms with E-state index >= 15 is 0 Å². The average molecular weight is 309 g/mol. The fraction of sp³-hybridized carbons (Fsp3) is 0.562. The molecular formula is C16H23NO3S. The summed E-state index contributed by atoms with van der Waals surface area (Å²) in [7, 11) is 0. The quantitative estimate of drug-likeness (QED) is 0.786. The fourth-order valence-electron chi connectivity index (χ4n) is 2.16. The van der Waals surface area contributed by atoms with Gasteiger partial charge in [0.2, 0.25) is 0 Å². The summed E-state index contributed by atoms with van der Waals surface area (Å²) in [6.45, 7) is 4.51. The first kappa shape index (κ1) is 16.2. The van der Waals surface area contributed by atoms with Gasteiger partial charge in [-0.1, -0.05) is 12.1 Å². The minimum absolute atomic E-state index is 0.0657. The van der Waals surface area contributed by atoms with E-state index in [1.807, 2.05) is 43.0 Å². The molecule has 1 saturated heterocycles. The first-order valence-corrected chi connectivity index (χ1v) is 8.44. The second-order valence-corrected chi connectivity index (χ2v) is 6.55. The number of hydrogen-bond donors (Lipinski definition) is 1. The van der Waals surface area contributed by atoms with Crippen LogP contribution in [0.25, 0.3) is 0 Å². The summed E-state index contributed by atoms with van der Waals surface area (Å²) < 4.78 is 10.8. The number of ether oxygens (including phenoxy) is 2. The van der Waals surface area contributed by atoms with Gasteiger partial charge in [0.15, 0.2) is 6.61 Å². The number of nitrogens with one attached hydrogen (secondary N) is 1. The Morgan fingerprint density at radius 1 is 1.43 bits per heavy atom. The lowest BCUT2D eigenvalue weighted by Gasteiger charge is -2.21. The minimum Gasteiger partial charge on any atom is -0.484 e. The van der Waals surface area contributed by atoms with Crippen molar-refractivity contribution in [2.75, 3.05) is 32.1 Å². The molecule has 0 aliphatic carbocycles. The first-order valence-electron chi connectivity index (χ1n) is 7.39. The molecule has 1 heterocycles. The molecule has 0 aromatic heterocycles. The predicted molar refractivity (Wildman–Crippen MR) is 86.0 cm³/mol. The van der Waals surface area contributed by atoms with Gasteiger partial charge in [-0.05, 0) is 37.5 Å². The molecule has 0 spiro atoms. The average Bonchev–Trinajstić information content (AvgIpc) is 2.51. The highest BCUT2D eigenvalue weighted by molar-refractivity contribution is 7.99. The van der Waals surface area contributed by atoms with E-state index in [1.54, 1.807) is 0 Å². The largest absolute Gasteiger partial charge is 0.484 e. The molecule has 0 saturated carbocycles. The standard InChI is InChI=1S/C16H23NO3S/c1-13-3-2-4-14(11-13)20-12-16(18)17-7-10-21-15-5-8-19-9-6-15/h2-4,11,15H,5-10,12H2,1H3,(H,17,18). The summed E-state index contributed by atoms with van der Waals surface area (Å²) in [6, 6.07) is 7.71. The van der Waals surface area contributed by atoms with Crippen molar-refractivity contribution in [1.29, 1.82) is 0 Å². The number of carbonyl (C=O) groups is 1. The maximum atomic E-state index is 11.7. The van der Waals surface area contributed by atoms with Gasteiger partial charge in [-0.3, -0.25) is 4.79 Å². The van der Waals surface area contributed by atoms with Crippen LogP contribution in [0.4, 0.5) is 0 Å². The summed E-state index contributed by atoms with van der Waals surface area (Å²) in [4.78, 5) is 11.7. The van der Waals surface area contributed by atoms with Gasteiger partial charge in [-0.15, -0.1) is 0 Å². The van der Waals surface area contributed by atoms with Gasteiger partial charge in [-0.25, -0.2) is 0 Å². The van der Waals surface area contributed by atoms with Crippen LogP contribution in [-0.4, -0.2) is 43.3 Å². The zero-order valence-electron chi connectivity index (χ0n) is 12.5. The van der Waals surface area contributed by atoms with Crippen molar-refractivity contribution in [1.82, 2.24) is 5.32 Å². The zero-order chi connectivity index (χ0) is 14.9. The molecule has 4 nitrogen and oxygen atoms in total. The van der Waals surface area contributed by atoms with E-state index in [2.05, 4.69) is 5.32 Å². The van der Waals surface area contributed by atoms with E-state index in [-0.39, 0.29) is 12.5 Å². The van der Waals surface area contributed by atoms with Gasteiger partial charge in [0.25, 0.3) is 5.91 Å². The van der Waals surface area contributed by atoms with Gasteiger partial charge < -0.3 is 14.8 Å². The summed E-state index contributed by atoms with van der Waals surface area (Å²) >= 11 is 1.92. The van der Waals surface area contributed by atoms with Crippen LogP contribution in [0.3, 0.4) is 0 Å². The van der Waals surface area contributed by atoms with Gasteiger partial charge in [0, 0.05) is 30.8 Å². The summed E-state index contributed by atoms with van der Waals surface area (Å²) in [5.74, 6) is 1.62. The van der Waals surface area contributed by atoms with Crippen LogP contribution in [0.1, 0.15) is 18.4 Å². The van der Waals surface area contributed by atoms with E-state index in [4.69, 9.17) is 9.47 Å². The number of benzene rings is 1. The van der Waals surface area contributed by atoms with Crippen LogP contribution in [0, 0.1) is 6.92 Å². The van der Waals surface area contributed by atoms with E-state index < -0.39 is 0 Å². The SMILES string of the molecule is Cc1cccc(OCC(=O)NCCSC2CCOCC2)c1. The van der Waals surface area contributed by atoms with Crippen LogP contribution in [0.5, 0.6) is 5.75 Å². The molecule has 1 aliphatic heterocycles. The highest BCUT2D eigenvalue weighted by Gasteiger charge is 2.13. The molecule has 5 heteroatoms. The van der Waals surface area contributed by atoms with Gasteiger partial charge >= 0.3 is 0 Å². The molecule has 1 aliphatic rings. The Balaban J connectivity index is 1.55. The molecule has 1 aromatic rings. The molecular weight excluding hydrogens is 286 g/mol. The number of carbonyl (C=O) groups excluding carboxylic acids is 1. The minimum atomic E-state index is -0.0657. The lowest BCUT2D eigenvalue weighted by atomic mass is 10.2. The Morgan fingerprint density at radius 2 is 2.24 bits per heavy atom. The summed E-state index contributed by atoms with van der Waals surface area (Å²) in [5.41, 5.74) is 1.13. The number of rotatable bonds is 7. The van der Waals surface area contributed by atoms with Crippen molar-refractivity contribution in [3.05, 3.63) is 29.8 Å². The van der Waals surface area contributed by atoms with Crippen LogP contribution < -0.4 is 10.1 Å². The molecule has 1 aromatic carbocycles. The Morgan fingerprint density at radius 3 is 3.00 bits per heavy atom. The van der Waals surface area contributed by atoms with E-state index in [1.165, 1.54) is 0 Å². The molecule has 0 atom stereocenters. The predicted octanol–water partition coefficient (Wildman–Crippen LogP) is 2.40. The molecule has 0 bridgehead atoms. The number of aryl methyl sites for hydroxylation is 1. The Hall–Kier alpha value is -1.20. The van der Waals surface area contributed by atoms with Crippen molar-refractivity contribution >= 4 is 17.7 Å². The van der Waals surface area contributed by atoms with Crippen molar-refractivity contribution in [2.24, 2.45) is 0 Å². The molecule has 0 unspecified atom stereocenters. The zero-order valence-corrected chi connectivity index (χ0v) is 13.3. The highest BCUT2D eigenvalue weighted by atomic mass is 32.2. The third-order valence-electron chi connectivity index (χ3n) is 3.31. The van der Waals surface area contributed by atoms with Crippen molar-refractivity contribution in [3.63, 3.8) is 0 Å². The lowest BCUT2D eigenvalue weighted by Crippen LogP contribution is -2.31. The second kappa shape index (κ2) is 8.95. The van der Waals surface area contributed by atoms with Crippen molar-refractivity contribution in [3.8, 4) is 5.75 Å². The van der Waals surface area contributed by atoms with Gasteiger partial charge in [0.1, 0.15) is 5.75 Å². The maximum Gasteiger partial charge on any atom is 0.257 e. The van der Waals surface area contributed by atoms with Crippen LogP contribution in [-0.2, 0) is 9.53 Å². The van der Waals surface area contributed by atoms with Crippen LogP contribution in [0.15, 0.2) is 24.3 Å². The first-order chi connectivity index (χ1) is 10.2. The highest BCUT2D eigenvalue weighted by Crippen LogP contribution is 2.21. The summed E-state index contributed by atoms with van der Waals surface area (Å²) in [5, 5.41) is 3.57. The number of thioether (sulfide) groups is 1. The maximum absolute atomic E-state index is 11.7. The van der Waals surface area contributed by atoms with Gasteiger partial charge in [0.05, 0.1) is 0 Å². The Kier molecular flexibility index (Phi) is 6.89. The van der Waals surface area contributed by atoms with Crippen LogP contribution >= 0.6 is 11.8 Å². The molecule has 1 amide bonds. The van der Waals surface area contributed by atoms with Crippen molar-refractivity contribution in [2.45, 2.75) is 25.0 Å². The fourth-order valence-corrected chi connectivity index (χ4v) is 3.24. The number of amides is 1. The molecule has 21 heavy (non-hydrogen) atoms. The van der Waals surface area contributed by atoms with Crippen LogP contribution in [0.2, 0.25) is 0 Å². The molecule has 0 radical (unpaired) electrons. The number of hydrogen-bond acceptors (Lipinski definition) is 4. The van der Waals surface area contributed by atoms with E-state index in [0.717, 1.165) is 43.1 Å². The van der Waals surface area contributed by atoms with Gasteiger partial charge in [-0.2, -0.15) is 11.8 Å². The topological polar surface area (TPSA) is 47.6 Å². The second-order valence-electron chi connectivity index (χ2n) is 5.14.